The molecule has 1 saturated heterocycles. The van der Waals surface area contributed by atoms with Crippen LogP contribution in [-0.2, 0) is 9.53 Å². The normalized spacial score (nSPS) is 22.2. The van der Waals surface area contributed by atoms with E-state index in [2.05, 4.69) is 25.7 Å². The molecule has 1 aliphatic rings. The van der Waals surface area contributed by atoms with Crippen molar-refractivity contribution in [3.63, 3.8) is 0 Å². The van der Waals surface area contributed by atoms with E-state index in [1.54, 1.807) is 0 Å². The van der Waals surface area contributed by atoms with Gasteiger partial charge in [0, 0.05) is 13.0 Å². The summed E-state index contributed by atoms with van der Waals surface area (Å²) in [7, 11) is 0. The Balaban J connectivity index is 2.59. The van der Waals surface area contributed by atoms with Gasteiger partial charge in [0.05, 0.1) is 6.61 Å². The van der Waals surface area contributed by atoms with Crippen molar-refractivity contribution in [2.24, 2.45) is 11.1 Å². The molecule has 2 N–H and O–H groups in total. The second-order valence-corrected chi connectivity index (χ2v) is 4.90. The van der Waals surface area contributed by atoms with Crippen LogP contribution in [0.25, 0.3) is 0 Å². The van der Waals surface area contributed by atoms with Crippen molar-refractivity contribution < 1.29 is 9.53 Å². The monoisotopic (exact) mass is 214 g/mol. The van der Waals surface area contributed by atoms with Crippen molar-refractivity contribution >= 4 is 5.97 Å². The van der Waals surface area contributed by atoms with Gasteiger partial charge in [-0.05, 0) is 18.5 Å². The number of likely N-dealkylation sites (N-methyl/N-ethyl adjacent to an activating group) is 1. The van der Waals surface area contributed by atoms with Gasteiger partial charge in [-0.3, -0.25) is 9.69 Å². The van der Waals surface area contributed by atoms with Crippen LogP contribution in [0.2, 0.25) is 0 Å². The number of carbonyl (C=O) groups excluding carboxylic acids is 1. The molecule has 1 fully saturated rings. The Bertz CT molecular complexity index is 229. The molecule has 1 rings (SSSR count). The molecule has 0 aliphatic carbocycles. The van der Waals surface area contributed by atoms with E-state index in [0.717, 1.165) is 19.5 Å². The first kappa shape index (κ1) is 12.5. The summed E-state index contributed by atoms with van der Waals surface area (Å²) in [5.41, 5.74) is 5.75. The zero-order valence-corrected chi connectivity index (χ0v) is 9.95. The van der Waals surface area contributed by atoms with E-state index < -0.39 is 0 Å². The van der Waals surface area contributed by atoms with Crippen LogP contribution in [0.4, 0.5) is 0 Å². The molecule has 4 nitrogen and oxygen atoms in total. The fourth-order valence-electron chi connectivity index (χ4n) is 1.87. The minimum absolute atomic E-state index is 0.0544. The van der Waals surface area contributed by atoms with E-state index in [9.17, 15) is 4.79 Å². The van der Waals surface area contributed by atoms with Crippen molar-refractivity contribution in [1.82, 2.24) is 4.90 Å². The highest BCUT2D eigenvalue weighted by Gasteiger charge is 2.33. The van der Waals surface area contributed by atoms with Crippen LogP contribution in [0.3, 0.4) is 0 Å². The first-order chi connectivity index (χ1) is 7.00. The van der Waals surface area contributed by atoms with Gasteiger partial charge in [-0.25, -0.2) is 0 Å². The van der Waals surface area contributed by atoms with Gasteiger partial charge >= 0.3 is 5.97 Å². The van der Waals surface area contributed by atoms with Gasteiger partial charge in [0.2, 0.25) is 0 Å². The summed E-state index contributed by atoms with van der Waals surface area (Å²) < 4.78 is 4.98. The molecule has 0 saturated carbocycles. The molecule has 0 aromatic carbocycles. The van der Waals surface area contributed by atoms with Gasteiger partial charge in [0.1, 0.15) is 6.04 Å². The number of ether oxygens (including phenoxy) is 1. The van der Waals surface area contributed by atoms with Crippen molar-refractivity contribution in [2.45, 2.75) is 33.2 Å². The third-order valence-corrected chi connectivity index (χ3v) is 2.94. The van der Waals surface area contributed by atoms with E-state index in [0.29, 0.717) is 13.2 Å². The van der Waals surface area contributed by atoms with E-state index in [-0.39, 0.29) is 17.4 Å². The molecule has 1 unspecified atom stereocenters. The Labute approximate surface area is 91.8 Å². The van der Waals surface area contributed by atoms with Crippen LogP contribution >= 0.6 is 0 Å². The fraction of sp³-hybridized carbons (Fsp3) is 0.909. The third-order valence-electron chi connectivity index (χ3n) is 2.94. The zero-order chi connectivity index (χ0) is 11.5. The minimum Gasteiger partial charge on any atom is -0.464 e. The molecule has 0 radical (unpaired) electrons. The Hall–Kier alpha value is -0.610. The summed E-state index contributed by atoms with van der Waals surface area (Å²) in [6.45, 7) is 9.21. The summed E-state index contributed by atoms with van der Waals surface area (Å²) in [5, 5.41) is 0. The average Bonchev–Trinajstić information content (AvgIpc) is 2.61. The molecule has 1 atom stereocenters. The maximum atomic E-state index is 11.5. The van der Waals surface area contributed by atoms with Crippen molar-refractivity contribution in [1.29, 1.82) is 0 Å². The summed E-state index contributed by atoms with van der Waals surface area (Å²) >= 11 is 0. The summed E-state index contributed by atoms with van der Waals surface area (Å²) in [6.07, 6.45) is 0.813. The molecule has 0 bridgehead atoms. The molecule has 88 valence electrons. The first-order valence-electron chi connectivity index (χ1n) is 5.61. The smallest absolute Gasteiger partial charge is 0.323 e. The molecule has 1 aliphatic heterocycles. The summed E-state index contributed by atoms with van der Waals surface area (Å²) in [6, 6.07) is -0.0548. The lowest BCUT2D eigenvalue weighted by Crippen LogP contribution is -2.45. The van der Waals surface area contributed by atoms with Crippen LogP contribution in [0.1, 0.15) is 27.2 Å². The van der Waals surface area contributed by atoms with Crippen molar-refractivity contribution in [2.75, 3.05) is 26.2 Å². The van der Waals surface area contributed by atoms with Crippen LogP contribution in [0.15, 0.2) is 0 Å². The Morgan fingerprint density at radius 1 is 1.60 bits per heavy atom. The van der Waals surface area contributed by atoms with Crippen LogP contribution in [-0.4, -0.2) is 43.2 Å². The zero-order valence-electron chi connectivity index (χ0n) is 9.95. The van der Waals surface area contributed by atoms with E-state index in [1.165, 1.54) is 0 Å². The Kier molecular flexibility index (Phi) is 4.11. The van der Waals surface area contributed by atoms with Gasteiger partial charge in [-0.15, -0.1) is 0 Å². The molecule has 15 heavy (non-hydrogen) atoms. The van der Waals surface area contributed by atoms with Crippen molar-refractivity contribution in [3.05, 3.63) is 0 Å². The lowest BCUT2D eigenvalue weighted by Gasteiger charge is -2.33. The van der Waals surface area contributed by atoms with E-state index in [1.807, 2.05) is 0 Å². The molecule has 1 heterocycles. The molecule has 4 heteroatoms. The van der Waals surface area contributed by atoms with Crippen LogP contribution < -0.4 is 5.73 Å². The second kappa shape index (κ2) is 4.94. The minimum atomic E-state index is -0.0790. The Morgan fingerprint density at radius 2 is 2.27 bits per heavy atom. The molecular weight excluding hydrogens is 192 g/mol. The predicted octanol–water partition coefficient (Wildman–Crippen LogP) is 0.609. The number of nitrogens with zero attached hydrogens (tertiary/aromatic N) is 1. The SMILES string of the molecule is CCN(CC(C)(C)CN)C1CCOC1=O. The lowest BCUT2D eigenvalue weighted by atomic mass is 9.92. The van der Waals surface area contributed by atoms with Crippen LogP contribution in [0.5, 0.6) is 0 Å². The number of nitrogens with two attached hydrogens (primary N) is 1. The predicted molar refractivity (Wildman–Crippen MR) is 59.4 cm³/mol. The number of carbonyl (C=O) groups is 1. The fourth-order valence-corrected chi connectivity index (χ4v) is 1.87. The molecule has 0 aromatic heterocycles. The standard InChI is InChI=1S/C11H22N2O2/c1-4-13(8-11(2,3)7-12)9-5-6-15-10(9)14/h9H,4-8,12H2,1-3H3. The highest BCUT2D eigenvalue weighted by atomic mass is 16.5. The highest BCUT2D eigenvalue weighted by Crippen LogP contribution is 2.20. The largest absolute Gasteiger partial charge is 0.464 e. The second-order valence-electron chi connectivity index (χ2n) is 4.90. The number of hydrogen-bond donors (Lipinski definition) is 1. The number of cyclic esters (lactones) is 1. The summed E-state index contributed by atoms with van der Waals surface area (Å²) in [4.78, 5) is 13.6. The molecular formula is C11H22N2O2. The molecule has 0 amide bonds. The highest BCUT2D eigenvalue weighted by molar-refractivity contribution is 5.77. The van der Waals surface area contributed by atoms with Gasteiger partial charge < -0.3 is 10.5 Å². The van der Waals surface area contributed by atoms with Crippen LogP contribution in [0, 0.1) is 5.41 Å². The van der Waals surface area contributed by atoms with E-state index >= 15 is 0 Å². The molecule has 0 aromatic rings. The van der Waals surface area contributed by atoms with Gasteiger partial charge in [-0.2, -0.15) is 0 Å². The summed E-state index contributed by atoms with van der Waals surface area (Å²) in [5.74, 6) is -0.0790. The quantitative estimate of drug-likeness (QED) is 0.681. The van der Waals surface area contributed by atoms with Gasteiger partial charge in [0.15, 0.2) is 0 Å². The number of esters is 1. The third kappa shape index (κ3) is 3.18. The topological polar surface area (TPSA) is 55.6 Å². The Morgan fingerprint density at radius 3 is 2.67 bits per heavy atom. The number of hydrogen-bond acceptors (Lipinski definition) is 4. The first-order valence-corrected chi connectivity index (χ1v) is 5.61. The van der Waals surface area contributed by atoms with E-state index in [4.69, 9.17) is 10.5 Å². The van der Waals surface area contributed by atoms with Crippen molar-refractivity contribution in [3.8, 4) is 0 Å². The number of rotatable bonds is 5. The lowest BCUT2D eigenvalue weighted by molar-refractivity contribution is -0.142. The maximum Gasteiger partial charge on any atom is 0.323 e. The average molecular weight is 214 g/mol. The maximum absolute atomic E-state index is 11.5. The molecule has 0 spiro atoms. The van der Waals surface area contributed by atoms with Gasteiger partial charge in [0.25, 0.3) is 0 Å². The van der Waals surface area contributed by atoms with Gasteiger partial charge in [-0.1, -0.05) is 20.8 Å².